The first-order chi connectivity index (χ1) is 13.5. The normalized spacial score (nSPS) is 33.3. The molecule has 0 saturated heterocycles. The van der Waals surface area contributed by atoms with Gasteiger partial charge in [0.05, 0.1) is 5.60 Å². The fraction of sp³-hybridized carbons (Fsp3) is 0.652. The SMILES string of the molecule is CC1(C)CCC[C@]2(C)[C@@H]1CC[C@@](C)(O)[C@@H]2CC(=O)NNC(=O)Nc1ccccc1. The van der Waals surface area contributed by atoms with Gasteiger partial charge in [0.15, 0.2) is 0 Å². The van der Waals surface area contributed by atoms with Gasteiger partial charge in [0, 0.05) is 18.0 Å². The lowest BCUT2D eigenvalue weighted by atomic mass is 9.45. The van der Waals surface area contributed by atoms with Gasteiger partial charge in [-0.1, -0.05) is 45.4 Å². The van der Waals surface area contributed by atoms with E-state index in [0.29, 0.717) is 18.0 Å². The van der Waals surface area contributed by atoms with Crippen LogP contribution in [0.1, 0.15) is 66.2 Å². The van der Waals surface area contributed by atoms with Crippen LogP contribution in [0.3, 0.4) is 0 Å². The molecule has 0 aliphatic heterocycles. The lowest BCUT2D eigenvalue weighted by Crippen LogP contribution is -2.59. The van der Waals surface area contributed by atoms with Gasteiger partial charge in [-0.25, -0.2) is 10.2 Å². The Morgan fingerprint density at radius 2 is 1.72 bits per heavy atom. The van der Waals surface area contributed by atoms with Crippen LogP contribution in [0, 0.1) is 22.7 Å². The second-order valence-corrected chi connectivity index (χ2v) is 10.0. The highest BCUT2D eigenvalue weighted by Gasteiger charge is 2.58. The van der Waals surface area contributed by atoms with E-state index in [2.05, 4.69) is 36.9 Å². The summed E-state index contributed by atoms with van der Waals surface area (Å²) in [7, 11) is 0. The van der Waals surface area contributed by atoms with Crippen LogP contribution >= 0.6 is 0 Å². The number of urea groups is 1. The van der Waals surface area contributed by atoms with Crippen LogP contribution < -0.4 is 16.2 Å². The van der Waals surface area contributed by atoms with Crippen molar-refractivity contribution < 1.29 is 14.7 Å². The number of benzene rings is 1. The van der Waals surface area contributed by atoms with Crippen molar-refractivity contribution in [2.45, 2.75) is 71.8 Å². The monoisotopic (exact) mass is 401 g/mol. The lowest BCUT2D eigenvalue weighted by Gasteiger charge is -2.61. The van der Waals surface area contributed by atoms with Crippen molar-refractivity contribution in [1.29, 1.82) is 0 Å². The van der Waals surface area contributed by atoms with Crippen LogP contribution in [0.2, 0.25) is 0 Å². The molecule has 160 valence electrons. The standard InChI is InChI=1S/C23H35N3O3/c1-21(2)12-8-13-22(3)17(21)11-14-23(4,29)18(22)15-19(27)25-26-20(28)24-16-9-6-5-7-10-16/h5-7,9-10,17-18,29H,8,11-15H2,1-4H3,(H,25,27)(H2,24,26,28)/t17-,18-,22-,23-/m1/s1. The number of rotatable bonds is 3. The molecule has 2 saturated carbocycles. The van der Waals surface area contributed by atoms with Crippen LogP contribution in [0.15, 0.2) is 30.3 Å². The van der Waals surface area contributed by atoms with Gasteiger partial charge in [-0.15, -0.1) is 0 Å². The number of hydrogen-bond acceptors (Lipinski definition) is 3. The molecule has 1 aromatic carbocycles. The predicted molar refractivity (Wildman–Crippen MR) is 114 cm³/mol. The molecule has 0 spiro atoms. The molecule has 4 N–H and O–H groups in total. The van der Waals surface area contributed by atoms with E-state index in [0.717, 1.165) is 19.3 Å². The summed E-state index contributed by atoms with van der Waals surface area (Å²) in [4.78, 5) is 24.7. The van der Waals surface area contributed by atoms with Gasteiger partial charge in [-0.2, -0.15) is 0 Å². The number of para-hydroxylation sites is 1. The molecule has 0 unspecified atom stereocenters. The zero-order valence-corrected chi connectivity index (χ0v) is 18.0. The first kappa shape index (κ1) is 21.6. The fourth-order valence-corrected chi connectivity index (χ4v) is 6.12. The van der Waals surface area contributed by atoms with E-state index >= 15 is 0 Å². The minimum atomic E-state index is -0.887. The number of aliphatic hydroxyl groups is 1. The van der Waals surface area contributed by atoms with Gasteiger partial charge in [0.1, 0.15) is 0 Å². The number of hydrazine groups is 1. The first-order valence-electron chi connectivity index (χ1n) is 10.7. The van der Waals surface area contributed by atoms with Gasteiger partial charge in [-0.05, 0) is 61.5 Å². The summed E-state index contributed by atoms with van der Waals surface area (Å²) in [6.07, 6.45) is 5.23. The Hall–Kier alpha value is -2.08. The molecule has 0 aromatic heterocycles. The first-order valence-corrected chi connectivity index (χ1v) is 10.7. The Morgan fingerprint density at radius 3 is 2.41 bits per heavy atom. The maximum absolute atomic E-state index is 12.7. The lowest BCUT2D eigenvalue weighted by molar-refractivity contribution is -0.173. The third-order valence-corrected chi connectivity index (χ3v) is 7.50. The van der Waals surface area contributed by atoms with E-state index in [4.69, 9.17) is 0 Å². The predicted octanol–water partition coefficient (Wildman–Crippen LogP) is 4.22. The van der Waals surface area contributed by atoms with E-state index in [-0.39, 0.29) is 29.1 Å². The Morgan fingerprint density at radius 1 is 1.03 bits per heavy atom. The van der Waals surface area contributed by atoms with E-state index in [9.17, 15) is 14.7 Å². The molecule has 3 amide bonds. The smallest absolute Gasteiger partial charge is 0.337 e. The third kappa shape index (κ3) is 4.58. The Labute approximate surface area is 173 Å². The summed E-state index contributed by atoms with van der Waals surface area (Å²) < 4.78 is 0. The Kier molecular flexibility index (Phi) is 5.95. The van der Waals surface area contributed by atoms with Crippen molar-refractivity contribution in [3.63, 3.8) is 0 Å². The van der Waals surface area contributed by atoms with Gasteiger partial charge in [0.2, 0.25) is 5.91 Å². The molecule has 0 heterocycles. The quantitative estimate of drug-likeness (QED) is 0.572. The highest BCUT2D eigenvalue weighted by atomic mass is 16.3. The van der Waals surface area contributed by atoms with E-state index in [1.165, 1.54) is 6.42 Å². The van der Waals surface area contributed by atoms with Crippen molar-refractivity contribution in [3.8, 4) is 0 Å². The van der Waals surface area contributed by atoms with Crippen molar-refractivity contribution in [2.75, 3.05) is 5.32 Å². The van der Waals surface area contributed by atoms with Crippen LogP contribution in [0.4, 0.5) is 10.5 Å². The second-order valence-electron chi connectivity index (χ2n) is 10.0. The van der Waals surface area contributed by atoms with Gasteiger partial charge >= 0.3 is 6.03 Å². The van der Waals surface area contributed by atoms with Crippen LogP contribution in [-0.4, -0.2) is 22.6 Å². The van der Waals surface area contributed by atoms with Crippen molar-refractivity contribution in [2.24, 2.45) is 22.7 Å². The molecule has 0 radical (unpaired) electrons. The molecule has 6 nitrogen and oxygen atoms in total. The van der Waals surface area contributed by atoms with Gasteiger partial charge < -0.3 is 10.4 Å². The highest BCUT2D eigenvalue weighted by molar-refractivity contribution is 5.90. The summed E-state index contributed by atoms with van der Waals surface area (Å²) in [6.45, 7) is 8.76. The molecule has 29 heavy (non-hydrogen) atoms. The second kappa shape index (κ2) is 7.98. The molecule has 4 atom stereocenters. The molecule has 6 heteroatoms. The average Bonchev–Trinajstić information content (AvgIpc) is 2.63. The number of anilines is 1. The van der Waals surface area contributed by atoms with E-state index in [1.807, 2.05) is 25.1 Å². The number of hydrogen-bond donors (Lipinski definition) is 4. The molecule has 0 bridgehead atoms. The van der Waals surface area contributed by atoms with Crippen molar-refractivity contribution in [3.05, 3.63) is 30.3 Å². The summed E-state index contributed by atoms with van der Waals surface area (Å²) in [5, 5.41) is 13.8. The van der Waals surface area contributed by atoms with Crippen LogP contribution in [0.25, 0.3) is 0 Å². The molecular weight excluding hydrogens is 366 g/mol. The molecule has 2 aliphatic rings. The number of carbonyl (C=O) groups is 2. The molecule has 2 fully saturated rings. The molecular formula is C23H35N3O3. The third-order valence-electron chi connectivity index (χ3n) is 7.50. The largest absolute Gasteiger partial charge is 0.390 e. The average molecular weight is 402 g/mol. The maximum Gasteiger partial charge on any atom is 0.337 e. The number of carbonyl (C=O) groups excluding carboxylic acids is 2. The molecule has 3 rings (SSSR count). The molecule has 2 aliphatic carbocycles. The van der Waals surface area contributed by atoms with E-state index in [1.54, 1.807) is 12.1 Å². The van der Waals surface area contributed by atoms with Crippen molar-refractivity contribution in [1.82, 2.24) is 10.9 Å². The number of nitrogens with one attached hydrogen (secondary N) is 3. The van der Waals surface area contributed by atoms with Crippen molar-refractivity contribution >= 4 is 17.6 Å². The summed E-state index contributed by atoms with van der Waals surface area (Å²) in [5.74, 6) is 0.0622. The van der Waals surface area contributed by atoms with E-state index < -0.39 is 11.6 Å². The zero-order valence-electron chi connectivity index (χ0n) is 18.0. The van der Waals surface area contributed by atoms with Gasteiger partial charge in [-0.3, -0.25) is 10.2 Å². The number of fused-ring (bicyclic) bond motifs is 1. The number of amides is 3. The molecule has 1 aromatic rings. The minimum absolute atomic E-state index is 0.0901. The zero-order chi connectivity index (χ0) is 21.3. The Bertz CT molecular complexity index is 747. The highest BCUT2D eigenvalue weighted by Crippen LogP contribution is 2.62. The topological polar surface area (TPSA) is 90.5 Å². The van der Waals surface area contributed by atoms with Gasteiger partial charge in [0.25, 0.3) is 0 Å². The minimum Gasteiger partial charge on any atom is -0.390 e. The summed E-state index contributed by atoms with van der Waals surface area (Å²) in [5.41, 5.74) is 4.81. The summed E-state index contributed by atoms with van der Waals surface area (Å²) >= 11 is 0. The fourth-order valence-electron chi connectivity index (χ4n) is 6.12. The summed E-state index contributed by atoms with van der Waals surface area (Å²) in [6, 6.07) is 8.55. The van der Waals surface area contributed by atoms with Crippen LogP contribution in [0.5, 0.6) is 0 Å². The Balaban J connectivity index is 1.63. The maximum atomic E-state index is 12.7. The van der Waals surface area contributed by atoms with Crippen LogP contribution in [-0.2, 0) is 4.79 Å².